The van der Waals surface area contributed by atoms with Crippen LogP contribution in [0.25, 0.3) is 0 Å². The molecule has 1 aliphatic rings. The van der Waals surface area contributed by atoms with Gasteiger partial charge in [-0.2, -0.15) is 15.6 Å². The van der Waals surface area contributed by atoms with Crippen LogP contribution >= 0.6 is 0 Å². The Morgan fingerprint density at radius 1 is 1.42 bits per heavy atom. The molecule has 19 heavy (non-hydrogen) atoms. The minimum atomic E-state index is -0.553. The van der Waals surface area contributed by atoms with E-state index in [2.05, 4.69) is 10.5 Å². The van der Waals surface area contributed by atoms with Crippen LogP contribution < -0.4 is 10.2 Å². The Hall–Kier alpha value is -2.64. The first-order valence-corrected chi connectivity index (χ1v) is 5.41. The average Bonchev–Trinajstić information content (AvgIpc) is 2.37. The van der Waals surface area contributed by atoms with Crippen molar-refractivity contribution in [3.05, 3.63) is 24.0 Å². The Balaban J connectivity index is 2.20. The molecule has 1 saturated heterocycles. The van der Waals surface area contributed by atoms with Crippen LogP contribution in [-0.4, -0.2) is 25.0 Å². The van der Waals surface area contributed by atoms with Gasteiger partial charge in [0, 0.05) is 0 Å². The van der Waals surface area contributed by atoms with E-state index in [4.69, 9.17) is 20.0 Å². The van der Waals surface area contributed by atoms with E-state index in [9.17, 15) is 4.39 Å². The van der Waals surface area contributed by atoms with Crippen molar-refractivity contribution in [3.8, 4) is 17.9 Å². The molecular weight excluding hydrogens is 251 g/mol. The summed E-state index contributed by atoms with van der Waals surface area (Å²) in [4.78, 5) is 0. The molecule has 1 N–H and O–H groups in total. The third-order valence-electron chi connectivity index (χ3n) is 2.36. The topological polar surface area (TPSA) is 90.4 Å². The van der Waals surface area contributed by atoms with Crippen molar-refractivity contribution in [3.63, 3.8) is 0 Å². The van der Waals surface area contributed by atoms with Gasteiger partial charge < -0.3 is 9.47 Å². The Morgan fingerprint density at radius 2 is 2.16 bits per heavy atom. The minimum Gasteiger partial charge on any atom is -0.480 e. The van der Waals surface area contributed by atoms with E-state index >= 15 is 0 Å². The molecule has 1 aliphatic heterocycles. The van der Waals surface area contributed by atoms with E-state index in [1.165, 1.54) is 18.2 Å². The zero-order valence-electron chi connectivity index (χ0n) is 9.76. The Bertz CT molecular complexity index is 568. The molecule has 7 heteroatoms. The number of anilines is 1. The van der Waals surface area contributed by atoms with Crippen LogP contribution in [0.3, 0.4) is 0 Å². The summed E-state index contributed by atoms with van der Waals surface area (Å²) < 4.78 is 24.0. The van der Waals surface area contributed by atoms with Gasteiger partial charge >= 0.3 is 0 Å². The number of hydrazone groups is 1. The summed E-state index contributed by atoms with van der Waals surface area (Å²) in [6.07, 6.45) is -0.201. The van der Waals surface area contributed by atoms with Crippen molar-refractivity contribution < 1.29 is 13.9 Å². The van der Waals surface area contributed by atoms with Crippen molar-refractivity contribution >= 4 is 11.4 Å². The lowest BCUT2D eigenvalue weighted by Crippen LogP contribution is -2.38. The van der Waals surface area contributed by atoms with Gasteiger partial charge in [-0.25, -0.2) is 4.39 Å². The van der Waals surface area contributed by atoms with Gasteiger partial charge in [-0.1, -0.05) is 6.07 Å². The molecular formula is C12H9FN4O2. The van der Waals surface area contributed by atoms with Crippen LogP contribution in [-0.2, 0) is 4.74 Å². The predicted molar refractivity (Wildman–Crippen MR) is 63.9 cm³/mol. The van der Waals surface area contributed by atoms with Crippen LogP contribution in [0, 0.1) is 28.5 Å². The maximum absolute atomic E-state index is 13.7. The number of para-hydroxylation sites is 1. The van der Waals surface area contributed by atoms with Crippen LogP contribution in [0.4, 0.5) is 10.1 Å². The lowest BCUT2D eigenvalue weighted by Gasteiger charge is -2.27. The van der Waals surface area contributed by atoms with Gasteiger partial charge in [0.25, 0.3) is 0 Å². The van der Waals surface area contributed by atoms with E-state index in [1.807, 2.05) is 0 Å². The SMILES string of the molecule is N#CC(C#N)=NNc1cccc(F)c1OC1COC1. The molecule has 1 aromatic rings. The molecule has 0 aromatic heterocycles. The molecule has 0 spiro atoms. The quantitative estimate of drug-likeness (QED) is 0.653. The van der Waals surface area contributed by atoms with Gasteiger partial charge in [0.05, 0.1) is 13.2 Å². The lowest BCUT2D eigenvalue weighted by molar-refractivity contribution is -0.0805. The fraction of sp³-hybridized carbons (Fsp3) is 0.250. The Morgan fingerprint density at radius 3 is 2.74 bits per heavy atom. The van der Waals surface area contributed by atoms with Gasteiger partial charge in [0.15, 0.2) is 11.6 Å². The molecule has 1 fully saturated rings. The van der Waals surface area contributed by atoms with Gasteiger partial charge in [-0.15, -0.1) is 0 Å². The summed E-state index contributed by atoms with van der Waals surface area (Å²) in [5, 5.41) is 20.7. The first kappa shape index (κ1) is 12.8. The predicted octanol–water partition coefficient (Wildman–Crippen LogP) is 1.42. The third kappa shape index (κ3) is 2.97. The second-order valence-corrected chi connectivity index (χ2v) is 3.69. The number of rotatable bonds is 4. The highest BCUT2D eigenvalue weighted by atomic mass is 19.1. The zero-order valence-corrected chi connectivity index (χ0v) is 9.76. The summed E-state index contributed by atoms with van der Waals surface area (Å²) in [6.45, 7) is 0.803. The van der Waals surface area contributed by atoms with Crippen LogP contribution in [0.2, 0.25) is 0 Å². The van der Waals surface area contributed by atoms with Gasteiger partial charge in [0.2, 0.25) is 5.71 Å². The maximum Gasteiger partial charge on any atom is 0.237 e. The van der Waals surface area contributed by atoms with E-state index in [0.29, 0.717) is 13.2 Å². The van der Waals surface area contributed by atoms with Crippen molar-refractivity contribution in [1.82, 2.24) is 0 Å². The van der Waals surface area contributed by atoms with Gasteiger partial charge in [-0.3, -0.25) is 5.43 Å². The van der Waals surface area contributed by atoms with E-state index < -0.39 is 5.82 Å². The molecule has 0 saturated carbocycles. The molecule has 0 amide bonds. The average molecular weight is 260 g/mol. The first-order valence-electron chi connectivity index (χ1n) is 5.41. The molecule has 0 unspecified atom stereocenters. The number of hydrogen-bond donors (Lipinski definition) is 1. The molecule has 96 valence electrons. The van der Waals surface area contributed by atoms with Crippen LogP contribution in [0.5, 0.6) is 5.75 Å². The van der Waals surface area contributed by atoms with E-state index in [1.54, 1.807) is 12.1 Å². The summed E-state index contributed by atoms with van der Waals surface area (Å²) in [5.41, 5.74) is 2.33. The molecule has 0 aliphatic carbocycles. The van der Waals surface area contributed by atoms with Crippen molar-refractivity contribution in [2.75, 3.05) is 18.6 Å². The molecule has 6 nitrogen and oxygen atoms in total. The number of hydrogen-bond acceptors (Lipinski definition) is 6. The number of halogens is 1. The molecule has 0 radical (unpaired) electrons. The second kappa shape index (κ2) is 5.80. The van der Waals surface area contributed by atoms with Crippen LogP contribution in [0.15, 0.2) is 23.3 Å². The molecule has 0 atom stereocenters. The molecule has 2 rings (SSSR count). The summed E-state index contributed by atoms with van der Waals surface area (Å²) in [7, 11) is 0. The smallest absolute Gasteiger partial charge is 0.237 e. The Kier molecular flexibility index (Phi) is 3.91. The first-order chi connectivity index (χ1) is 9.24. The molecule has 1 heterocycles. The molecule has 0 bridgehead atoms. The number of nitrogens with zero attached hydrogens (tertiary/aromatic N) is 3. The van der Waals surface area contributed by atoms with E-state index in [0.717, 1.165) is 0 Å². The highest BCUT2D eigenvalue weighted by Gasteiger charge is 2.23. The fourth-order valence-electron chi connectivity index (χ4n) is 1.36. The fourth-order valence-corrected chi connectivity index (χ4v) is 1.36. The monoisotopic (exact) mass is 260 g/mol. The standard InChI is InChI=1S/C12H9FN4O2/c13-10-2-1-3-11(17-16-8(4-14)5-15)12(10)19-9-6-18-7-9/h1-3,9,17H,6-7H2. The minimum absolute atomic E-state index is 0.00483. The van der Waals surface area contributed by atoms with Gasteiger partial charge in [0.1, 0.15) is 23.9 Å². The zero-order chi connectivity index (χ0) is 13.7. The normalized spacial score (nSPS) is 13.6. The largest absolute Gasteiger partial charge is 0.480 e. The number of nitriles is 2. The van der Waals surface area contributed by atoms with Crippen molar-refractivity contribution in [2.24, 2.45) is 5.10 Å². The number of ether oxygens (including phenoxy) is 2. The highest BCUT2D eigenvalue weighted by Crippen LogP contribution is 2.29. The molecule has 1 aromatic carbocycles. The number of nitrogens with one attached hydrogen (secondary N) is 1. The lowest BCUT2D eigenvalue weighted by atomic mass is 10.2. The van der Waals surface area contributed by atoms with Crippen LogP contribution in [0.1, 0.15) is 0 Å². The second-order valence-electron chi connectivity index (χ2n) is 3.69. The summed E-state index contributed by atoms with van der Waals surface area (Å²) >= 11 is 0. The summed E-state index contributed by atoms with van der Waals surface area (Å²) in [5.74, 6) is -0.558. The van der Waals surface area contributed by atoms with Crippen molar-refractivity contribution in [2.45, 2.75) is 6.10 Å². The summed E-state index contributed by atoms with van der Waals surface area (Å²) in [6, 6.07) is 7.43. The van der Waals surface area contributed by atoms with Crippen molar-refractivity contribution in [1.29, 1.82) is 10.5 Å². The maximum atomic E-state index is 13.7. The number of benzene rings is 1. The van der Waals surface area contributed by atoms with E-state index in [-0.39, 0.29) is 23.3 Å². The third-order valence-corrected chi connectivity index (χ3v) is 2.36. The Labute approximate surface area is 108 Å². The highest BCUT2D eigenvalue weighted by molar-refractivity contribution is 6.10. The van der Waals surface area contributed by atoms with Gasteiger partial charge in [-0.05, 0) is 12.1 Å².